The molecule has 0 saturated heterocycles. The molecular weight excluding hydrogens is 759 g/mol. The van der Waals surface area contributed by atoms with Gasteiger partial charge in [-0.05, 0) is 77.9 Å². The maximum absolute atomic E-state index is 13.5. The van der Waals surface area contributed by atoms with E-state index in [0.717, 1.165) is 40.8 Å². The molecule has 0 aliphatic heterocycles. The van der Waals surface area contributed by atoms with Gasteiger partial charge in [0.2, 0.25) is 0 Å². The summed E-state index contributed by atoms with van der Waals surface area (Å²) in [7, 11) is 0. The highest BCUT2D eigenvalue weighted by molar-refractivity contribution is 5.68. The quantitative estimate of drug-likeness (QED) is 0.123. The minimum atomic E-state index is -4.82. The summed E-state index contributed by atoms with van der Waals surface area (Å²) in [6.45, 7) is 19.9. The Morgan fingerprint density at radius 3 is 1.24 bits per heavy atom. The predicted octanol–water partition coefficient (Wildman–Crippen LogP) is 10.9. The molecule has 2 heterocycles. The number of alkyl halides is 6. The van der Waals surface area contributed by atoms with Crippen LogP contribution in [0.5, 0.6) is 0 Å². The molecule has 0 atom stereocenters. The Bertz CT molecular complexity index is 2460. The van der Waals surface area contributed by atoms with E-state index in [9.17, 15) is 35.9 Å². The maximum atomic E-state index is 13.5. The van der Waals surface area contributed by atoms with Crippen molar-refractivity contribution in [3.05, 3.63) is 197 Å². The van der Waals surface area contributed by atoms with Gasteiger partial charge >= 0.3 is 12.4 Å². The molecule has 6 rings (SSSR count). The fraction of sp³-hybridized carbons (Fsp3) is 0.200. The second kappa shape index (κ2) is 17.6. The second-order valence-electron chi connectivity index (χ2n) is 13.5. The summed E-state index contributed by atoms with van der Waals surface area (Å²) in [4.78, 5) is 31.6. The summed E-state index contributed by atoms with van der Waals surface area (Å²) in [6.07, 6.45) is -8.75. The lowest BCUT2D eigenvalue weighted by Crippen LogP contribution is -2.25. The minimum Gasteiger partial charge on any atom is -0.392 e. The van der Waals surface area contributed by atoms with Crippen LogP contribution in [0.1, 0.15) is 51.4 Å². The van der Waals surface area contributed by atoms with Crippen molar-refractivity contribution in [3.63, 3.8) is 0 Å². The van der Waals surface area contributed by atoms with Crippen LogP contribution < -0.4 is 11.1 Å². The van der Waals surface area contributed by atoms with E-state index < -0.39 is 46.0 Å². The van der Waals surface area contributed by atoms with E-state index in [1.165, 1.54) is 9.13 Å². The zero-order valence-electron chi connectivity index (χ0n) is 31.5. The zero-order chi connectivity index (χ0) is 42.4. The highest BCUT2D eigenvalue weighted by Crippen LogP contribution is 2.39. The highest BCUT2D eigenvalue weighted by Gasteiger charge is 2.37. The Balaban J connectivity index is 0.000000221. The maximum Gasteiger partial charge on any atom is 0.407 e. The number of aliphatic hydroxyl groups is 1. The van der Waals surface area contributed by atoms with E-state index in [1.807, 2.05) is 44.2 Å². The second-order valence-corrected chi connectivity index (χ2v) is 13.5. The van der Waals surface area contributed by atoms with E-state index in [1.54, 1.807) is 73.7 Å². The largest absolute Gasteiger partial charge is 0.407 e. The monoisotopic (exact) mass is 794 g/mol. The van der Waals surface area contributed by atoms with Crippen molar-refractivity contribution in [1.29, 1.82) is 0 Å². The van der Waals surface area contributed by atoms with Crippen LogP contribution in [0, 0.1) is 27.0 Å². The number of aryl methyl sites for hydroxylation is 3. The van der Waals surface area contributed by atoms with E-state index in [4.69, 9.17) is 18.3 Å². The molecule has 0 aliphatic rings. The average Bonchev–Trinajstić information content (AvgIpc) is 3.19. The van der Waals surface area contributed by atoms with Gasteiger partial charge in [-0.2, -0.15) is 26.3 Å². The van der Waals surface area contributed by atoms with Crippen LogP contribution in [-0.4, -0.2) is 14.2 Å². The summed E-state index contributed by atoms with van der Waals surface area (Å²) in [6, 6.07) is 29.8. The van der Waals surface area contributed by atoms with E-state index in [0.29, 0.717) is 22.3 Å². The van der Waals surface area contributed by atoms with E-state index in [2.05, 4.69) is 9.69 Å². The van der Waals surface area contributed by atoms with Crippen molar-refractivity contribution in [2.75, 3.05) is 0 Å². The first-order valence-electron chi connectivity index (χ1n) is 17.8. The Morgan fingerprint density at radius 2 is 0.931 bits per heavy atom. The molecule has 0 saturated carbocycles. The summed E-state index contributed by atoms with van der Waals surface area (Å²) < 4.78 is 83.6. The number of halogens is 6. The Kier molecular flexibility index (Phi) is 12.9. The highest BCUT2D eigenvalue weighted by atomic mass is 19.4. The molecule has 2 aromatic heterocycles. The Hall–Kier alpha value is -6.70. The smallest absolute Gasteiger partial charge is 0.392 e. The van der Waals surface area contributed by atoms with Crippen molar-refractivity contribution in [1.82, 2.24) is 9.13 Å². The molecule has 0 amide bonds. The van der Waals surface area contributed by atoms with Gasteiger partial charge in [-0.1, -0.05) is 103 Å². The van der Waals surface area contributed by atoms with Crippen molar-refractivity contribution >= 4 is 11.4 Å². The zero-order valence-corrected chi connectivity index (χ0v) is 31.5. The lowest BCUT2D eigenvalue weighted by molar-refractivity contribution is -0.137. The van der Waals surface area contributed by atoms with Gasteiger partial charge in [0, 0.05) is 24.5 Å². The Morgan fingerprint density at radius 1 is 0.569 bits per heavy atom. The molecule has 1 N–H and O–H groups in total. The molecule has 296 valence electrons. The summed E-state index contributed by atoms with van der Waals surface area (Å²) in [5.74, 6) is 0. The number of hydrogen-bond donors (Lipinski definition) is 1. The fourth-order valence-corrected chi connectivity index (χ4v) is 6.32. The number of aliphatic hydroxyl groups excluding tert-OH is 1. The number of pyridine rings is 2. The van der Waals surface area contributed by atoms with Crippen molar-refractivity contribution in [2.45, 2.75) is 59.2 Å². The van der Waals surface area contributed by atoms with Gasteiger partial charge in [-0.25, -0.2) is 9.69 Å². The molecule has 4 aromatic carbocycles. The molecule has 0 aliphatic carbocycles. The number of nitrogens with zero attached hydrogens (tertiary/aromatic N) is 4. The first-order chi connectivity index (χ1) is 27.5. The molecule has 58 heavy (non-hydrogen) atoms. The van der Waals surface area contributed by atoms with Gasteiger partial charge in [-0.3, -0.25) is 9.59 Å². The molecule has 7 nitrogen and oxygen atoms in total. The third-order valence-electron chi connectivity index (χ3n) is 9.33. The van der Waals surface area contributed by atoms with Crippen LogP contribution in [-0.2, 0) is 38.5 Å². The molecule has 0 unspecified atom stereocenters. The average molecular weight is 795 g/mol. The minimum absolute atomic E-state index is 0.00548. The van der Waals surface area contributed by atoms with E-state index >= 15 is 0 Å². The molecule has 6 aromatic rings. The van der Waals surface area contributed by atoms with Crippen LogP contribution in [0.25, 0.3) is 32.2 Å². The third kappa shape index (κ3) is 9.63. The molecule has 0 fully saturated rings. The van der Waals surface area contributed by atoms with Crippen molar-refractivity contribution < 1.29 is 31.4 Å². The normalized spacial score (nSPS) is 11.3. The standard InChI is InChI=1S/C23H19F3N2O.C22H17F3N2O2/c1-4-16-8-10-17(11-9-16)14-28-20(18-7-5-6-15(2)12-18)13-19(23(24,25)26)21(27-3)22(28)29;1-14-4-3-5-17(10-14)19-11-18(22(23,24)25)20(26-2)21(29)27(19)12-15-6-8-16(13-28)9-7-15/h5-13H,4,14H2,1-2H3;3-11,28H,12-13H2,1H3. The first kappa shape index (κ1) is 42.4. The van der Waals surface area contributed by atoms with Crippen LogP contribution in [0.15, 0.2) is 119 Å². The topological polar surface area (TPSA) is 72.9 Å². The van der Waals surface area contributed by atoms with Crippen LogP contribution in [0.2, 0.25) is 0 Å². The van der Waals surface area contributed by atoms with Crippen molar-refractivity contribution in [3.8, 4) is 22.5 Å². The lowest BCUT2D eigenvalue weighted by atomic mass is 10.0. The molecule has 0 bridgehead atoms. The SMILES string of the molecule is [C-]#[N+]c1c(C(F)(F)F)cc(-c2cccc(C)c2)n(Cc2ccc(CC)cc2)c1=O.[C-]#[N+]c1c(C(F)(F)F)cc(-c2cccc(C)c2)n(Cc2ccc(CO)cc2)c1=O. The molecule has 0 spiro atoms. The molecule has 13 heteroatoms. The number of rotatable bonds is 8. The van der Waals surface area contributed by atoms with Gasteiger partial charge in [0.15, 0.2) is 0 Å². The number of benzene rings is 4. The van der Waals surface area contributed by atoms with E-state index in [-0.39, 0.29) is 31.1 Å². The molecular formula is C45H36F6N4O3. The van der Waals surface area contributed by atoms with Gasteiger partial charge in [0.25, 0.3) is 22.5 Å². The number of aromatic nitrogens is 2. The lowest BCUT2D eigenvalue weighted by Gasteiger charge is -2.18. The number of hydrogen-bond acceptors (Lipinski definition) is 3. The van der Waals surface area contributed by atoms with Crippen LogP contribution in [0.3, 0.4) is 0 Å². The van der Waals surface area contributed by atoms with Gasteiger partial charge in [0.1, 0.15) is 0 Å². The van der Waals surface area contributed by atoms with Gasteiger partial charge in [-0.15, -0.1) is 0 Å². The predicted molar refractivity (Wildman–Crippen MR) is 211 cm³/mol. The summed E-state index contributed by atoms with van der Waals surface area (Å²) in [5, 5.41) is 9.16. The summed E-state index contributed by atoms with van der Waals surface area (Å²) >= 11 is 0. The van der Waals surface area contributed by atoms with Gasteiger partial charge < -0.3 is 14.2 Å². The van der Waals surface area contributed by atoms with Crippen LogP contribution >= 0.6 is 0 Å². The van der Waals surface area contributed by atoms with Gasteiger partial charge in [0.05, 0.1) is 30.9 Å². The Labute approximate surface area is 330 Å². The van der Waals surface area contributed by atoms with Crippen molar-refractivity contribution in [2.24, 2.45) is 0 Å². The summed E-state index contributed by atoms with van der Waals surface area (Å²) in [5.41, 5.74) is -0.122. The first-order valence-corrected chi connectivity index (χ1v) is 17.8. The third-order valence-corrected chi connectivity index (χ3v) is 9.33. The fourth-order valence-electron chi connectivity index (χ4n) is 6.32. The molecule has 0 radical (unpaired) electrons. The van der Waals surface area contributed by atoms with Crippen LogP contribution in [0.4, 0.5) is 37.7 Å².